The van der Waals surface area contributed by atoms with Crippen LogP contribution in [0.4, 0.5) is 0 Å². The third-order valence-electron chi connectivity index (χ3n) is 0. The monoisotopic (exact) mass is 236 g/mol. The molecule has 0 rings (SSSR count). The van der Waals surface area contributed by atoms with E-state index in [2.05, 4.69) is 0 Å². The fourth-order valence-corrected chi connectivity index (χ4v) is 0. The Morgan fingerprint density at radius 2 is 0.538 bits per heavy atom. The summed E-state index contributed by atoms with van der Waals surface area (Å²) in [6, 6.07) is 0. The van der Waals surface area contributed by atoms with Crippen LogP contribution in [0.2, 0.25) is 0 Å². The zero-order chi connectivity index (χ0) is 10.8. The van der Waals surface area contributed by atoms with Gasteiger partial charge in [0.1, 0.15) is 0 Å². The van der Waals surface area contributed by atoms with Crippen LogP contribution in [0.5, 0.6) is 0 Å². The van der Waals surface area contributed by atoms with Crippen molar-refractivity contribution in [2.45, 2.75) is 27.7 Å². The minimum atomic E-state index is 0. The Morgan fingerprint density at radius 1 is 0.538 bits per heavy atom. The molecular formula is C8H24CrO4. The van der Waals surface area contributed by atoms with Crippen molar-refractivity contribution >= 4 is 0 Å². The molecule has 86 valence electrons. The van der Waals surface area contributed by atoms with Gasteiger partial charge in [-0.25, -0.2) is 0 Å². The minimum Gasteiger partial charge on any atom is -0.397 e. The molecule has 0 atom stereocenters. The van der Waals surface area contributed by atoms with E-state index in [1.165, 1.54) is 0 Å². The van der Waals surface area contributed by atoms with E-state index in [0.29, 0.717) is 0 Å². The molecule has 0 fully saturated rings. The van der Waals surface area contributed by atoms with Crippen LogP contribution in [-0.4, -0.2) is 46.9 Å². The Kier molecular flexibility index (Phi) is 188. The molecule has 0 aromatic rings. The summed E-state index contributed by atoms with van der Waals surface area (Å²) < 4.78 is 0. The van der Waals surface area contributed by atoms with Crippen LogP contribution in [0, 0.1) is 0 Å². The van der Waals surface area contributed by atoms with Crippen molar-refractivity contribution in [3.8, 4) is 0 Å². The molecule has 0 aromatic heterocycles. The van der Waals surface area contributed by atoms with Gasteiger partial charge in [0.05, 0.1) is 0 Å². The Balaban J connectivity index is -0.0000000213. The van der Waals surface area contributed by atoms with Gasteiger partial charge in [0, 0.05) is 43.8 Å². The predicted molar refractivity (Wildman–Crippen MR) is 51.0 cm³/mol. The van der Waals surface area contributed by atoms with Gasteiger partial charge in [-0.1, -0.05) is 0 Å². The predicted octanol–water partition coefficient (Wildman–Crippen LogP) is -0.00810. The maximum absolute atomic E-state index is 7.57. The van der Waals surface area contributed by atoms with Crippen molar-refractivity contribution in [3.63, 3.8) is 0 Å². The van der Waals surface area contributed by atoms with Crippen LogP contribution in [-0.2, 0) is 17.4 Å². The average molecular weight is 236 g/mol. The smallest absolute Gasteiger partial charge is 0.0402 e. The van der Waals surface area contributed by atoms with Crippen LogP contribution in [0.1, 0.15) is 27.7 Å². The normalized spacial score (nSPS) is 5.54. The summed E-state index contributed by atoms with van der Waals surface area (Å²) in [5, 5.41) is 30.3. The van der Waals surface area contributed by atoms with Crippen LogP contribution >= 0.6 is 0 Å². The molecule has 5 heteroatoms. The van der Waals surface area contributed by atoms with Gasteiger partial charge in [-0.05, 0) is 27.7 Å². The first-order valence-corrected chi connectivity index (χ1v) is 4.09. The van der Waals surface area contributed by atoms with E-state index in [1.807, 2.05) is 0 Å². The molecule has 0 spiro atoms. The first kappa shape index (κ1) is 29.2. The van der Waals surface area contributed by atoms with E-state index in [9.17, 15) is 0 Å². The molecule has 0 aliphatic heterocycles. The van der Waals surface area contributed by atoms with E-state index >= 15 is 0 Å². The second-order valence-electron chi connectivity index (χ2n) is 1.26. The summed E-state index contributed by atoms with van der Waals surface area (Å²) in [5.41, 5.74) is 0. The van der Waals surface area contributed by atoms with E-state index < -0.39 is 0 Å². The van der Waals surface area contributed by atoms with Crippen LogP contribution in [0.25, 0.3) is 0 Å². The Bertz CT molecular complexity index is 24.1. The quantitative estimate of drug-likeness (QED) is 0.477. The molecule has 0 bridgehead atoms. The molecule has 0 unspecified atom stereocenters. The van der Waals surface area contributed by atoms with Crippen molar-refractivity contribution in [3.05, 3.63) is 0 Å². The van der Waals surface area contributed by atoms with Crippen LogP contribution in [0.15, 0.2) is 0 Å². The van der Waals surface area contributed by atoms with Gasteiger partial charge in [-0.3, -0.25) is 0 Å². The summed E-state index contributed by atoms with van der Waals surface area (Å²) in [7, 11) is 0. The van der Waals surface area contributed by atoms with Crippen molar-refractivity contribution < 1.29 is 37.8 Å². The first-order chi connectivity index (χ1) is 5.66. The van der Waals surface area contributed by atoms with E-state index in [1.54, 1.807) is 27.7 Å². The van der Waals surface area contributed by atoms with Gasteiger partial charge in [0.2, 0.25) is 0 Å². The zero-order valence-corrected chi connectivity index (χ0v) is 10.3. The first-order valence-electron chi connectivity index (χ1n) is 4.09. The molecule has 0 radical (unpaired) electrons. The molecule has 0 aromatic carbocycles. The fraction of sp³-hybridized carbons (Fsp3) is 1.00. The fourth-order valence-electron chi connectivity index (χ4n) is 0. The maximum atomic E-state index is 7.57. The molecule has 0 aliphatic rings. The Morgan fingerprint density at radius 3 is 0.538 bits per heavy atom. The Labute approximate surface area is 92.4 Å². The Hall–Kier alpha value is 0.372. The number of aliphatic hydroxyl groups excluding tert-OH is 4. The van der Waals surface area contributed by atoms with E-state index in [0.717, 1.165) is 0 Å². The SMILES string of the molecule is CCO.CCO.CCO.CCO.[Cr]. The summed E-state index contributed by atoms with van der Waals surface area (Å²) >= 11 is 0. The molecule has 0 heterocycles. The number of hydrogen-bond donors (Lipinski definition) is 4. The summed E-state index contributed by atoms with van der Waals surface area (Å²) in [4.78, 5) is 0. The van der Waals surface area contributed by atoms with Gasteiger partial charge in [0.25, 0.3) is 0 Å². The third-order valence-corrected chi connectivity index (χ3v) is 0. The third kappa shape index (κ3) is 9590. The average Bonchev–Trinajstić information content (AvgIpc) is 1.92. The van der Waals surface area contributed by atoms with Gasteiger partial charge in [-0.2, -0.15) is 0 Å². The number of aliphatic hydroxyl groups is 4. The summed E-state index contributed by atoms with van der Waals surface area (Å²) in [5.74, 6) is 0. The largest absolute Gasteiger partial charge is 0.397 e. The molecule has 13 heavy (non-hydrogen) atoms. The van der Waals surface area contributed by atoms with Gasteiger partial charge in [0.15, 0.2) is 0 Å². The van der Waals surface area contributed by atoms with E-state index in [4.69, 9.17) is 20.4 Å². The van der Waals surface area contributed by atoms with Crippen molar-refractivity contribution in [2.75, 3.05) is 26.4 Å². The molecule has 0 saturated carbocycles. The van der Waals surface area contributed by atoms with Crippen molar-refractivity contribution in [1.29, 1.82) is 0 Å². The second-order valence-corrected chi connectivity index (χ2v) is 1.26. The molecule has 4 nitrogen and oxygen atoms in total. The second kappa shape index (κ2) is 83.7. The zero-order valence-electron chi connectivity index (χ0n) is 9.03. The summed E-state index contributed by atoms with van der Waals surface area (Å²) in [6.07, 6.45) is 0. The molecular weight excluding hydrogens is 212 g/mol. The van der Waals surface area contributed by atoms with Gasteiger partial charge < -0.3 is 20.4 Å². The topological polar surface area (TPSA) is 80.9 Å². The summed E-state index contributed by atoms with van der Waals surface area (Å²) in [6.45, 7) is 7.72. The number of hydrogen-bond acceptors (Lipinski definition) is 4. The van der Waals surface area contributed by atoms with Crippen LogP contribution < -0.4 is 0 Å². The standard InChI is InChI=1S/4C2H6O.Cr/c4*1-2-3;/h4*3H,2H2,1H3;. The van der Waals surface area contributed by atoms with E-state index in [-0.39, 0.29) is 43.8 Å². The number of rotatable bonds is 0. The van der Waals surface area contributed by atoms with Crippen molar-refractivity contribution in [2.24, 2.45) is 0 Å². The molecule has 0 aliphatic carbocycles. The van der Waals surface area contributed by atoms with Gasteiger partial charge >= 0.3 is 0 Å². The van der Waals surface area contributed by atoms with Crippen molar-refractivity contribution in [1.82, 2.24) is 0 Å². The van der Waals surface area contributed by atoms with Crippen LogP contribution in [0.3, 0.4) is 0 Å². The molecule has 4 N–H and O–H groups in total. The van der Waals surface area contributed by atoms with Gasteiger partial charge in [-0.15, -0.1) is 0 Å². The minimum absolute atomic E-state index is 0. The molecule has 0 saturated heterocycles. The maximum Gasteiger partial charge on any atom is 0.0402 e. The molecule has 0 amide bonds.